The van der Waals surface area contributed by atoms with E-state index in [1.165, 1.54) is 13.1 Å². The maximum atomic E-state index is 12.4. The number of pyridine rings is 1. The van der Waals surface area contributed by atoms with Gasteiger partial charge in [0, 0.05) is 7.05 Å². The highest BCUT2D eigenvalue weighted by Gasteiger charge is 2.37. The van der Waals surface area contributed by atoms with Crippen LogP contribution in [0.5, 0.6) is 0 Å². The number of rotatable bonds is 2. The zero-order valence-corrected chi connectivity index (χ0v) is 7.59. The second kappa shape index (κ2) is 3.76. The average molecular weight is 220 g/mol. The molecule has 0 saturated heterocycles. The van der Waals surface area contributed by atoms with Crippen LogP contribution in [-0.4, -0.2) is 23.1 Å². The van der Waals surface area contributed by atoms with E-state index < -0.39 is 23.4 Å². The molecule has 1 aromatic rings. The standard InChI is InChI=1S/C8H7F3N2O2/c1-12-5-3-2-4(7(14)15)6(13-5)8(9,10)11/h2-3H,1H3,(H,12,13)(H,14,15). The summed E-state index contributed by atoms with van der Waals surface area (Å²) in [4.78, 5) is 13.7. The molecule has 1 rings (SSSR count). The molecule has 0 amide bonds. The Balaban J connectivity index is 3.36. The van der Waals surface area contributed by atoms with Gasteiger partial charge in [-0.05, 0) is 12.1 Å². The van der Waals surface area contributed by atoms with E-state index in [0.29, 0.717) is 0 Å². The van der Waals surface area contributed by atoms with Crippen LogP contribution in [0, 0.1) is 0 Å². The Morgan fingerprint density at radius 1 is 1.47 bits per heavy atom. The molecular weight excluding hydrogens is 213 g/mol. The number of carbonyl (C=O) groups is 1. The number of nitrogens with one attached hydrogen (secondary N) is 1. The van der Waals surface area contributed by atoms with Crippen LogP contribution >= 0.6 is 0 Å². The summed E-state index contributed by atoms with van der Waals surface area (Å²) in [6, 6.07) is 2.03. The van der Waals surface area contributed by atoms with E-state index in [2.05, 4.69) is 10.3 Å². The molecule has 0 atom stereocenters. The maximum absolute atomic E-state index is 12.4. The summed E-state index contributed by atoms with van der Waals surface area (Å²) < 4.78 is 37.1. The largest absolute Gasteiger partial charge is 0.478 e. The Kier molecular flexibility index (Phi) is 2.83. The number of carboxylic acid groups (broad SMARTS) is 1. The fraction of sp³-hybridized carbons (Fsp3) is 0.250. The number of hydrogen-bond acceptors (Lipinski definition) is 3. The minimum atomic E-state index is -4.78. The van der Waals surface area contributed by atoms with E-state index in [-0.39, 0.29) is 5.82 Å². The summed E-state index contributed by atoms with van der Waals surface area (Å²) in [5.74, 6) is -1.69. The monoisotopic (exact) mass is 220 g/mol. The van der Waals surface area contributed by atoms with E-state index in [1.54, 1.807) is 0 Å². The van der Waals surface area contributed by atoms with Crippen molar-refractivity contribution in [2.75, 3.05) is 12.4 Å². The minimum absolute atomic E-state index is 0.0349. The molecule has 1 heterocycles. The van der Waals surface area contributed by atoms with Crippen molar-refractivity contribution in [1.29, 1.82) is 0 Å². The molecular formula is C8H7F3N2O2. The van der Waals surface area contributed by atoms with Crippen LogP contribution in [0.1, 0.15) is 16.1 Å². The Hall–Kier alpha value is -1.79. The van der Waals surface area contributed by atoms with Gasteiger partial charge in [-0.15, -0.1) is 0 Å². The predicted octanol–water partition coefficient (Wildman–Crippen LogP) is 1.84. The fourth-order valence-electron chi connectivity index (χ4n) is 0.987. The lowest BCUT2D eigenvalue weighted by Gasteiger charge is -2.10. The number of alkyl halides is 3. The molecule has 1 aromatic heterocycles. The smallest absolute Gasteiger partial charge is 0.434 e. The molecule has 0 unspecified atom stereocenters. The molecule has 2 N–H and O–H groups in total. The lowest BCUT2D eigenvalue weighted by atomic mass is 10.2. The quantitative estimate of drug-likeness (QED) is 0.798. The normalized spacial score (nSPS) is 11.2. The van der Waals surface area contributed by atoms with Gasteiger partial charge in [0.15, 0.2) is 5.69 Å². The number of nitrogens with zero attached hydrogens (tertiary/aromatic N) is 1. The van der Waals surface area contributed by atoms with Gasteiger partial charge in [0.2, 0.25) is 0 Å². The zero-order valence-electron chi connectivity index (χ0n) is 7.59. The van der Waals surface area contributed by atoms with Crippen molar-refractivity contribution in [2.24, 2.45) is 0 Å². The van der Waals surface area contributed by atoms with Crippen LogP contribution in [0.4, 0.5) is 19.0 Å². The van der Waals surface area contributed by atoms with Crippen LogP contribution in [0.25, 0.3) is 0 Å². The third-order valence-electron chi connectivity index (χ3n) is 1.65. The number of hydrogen-bond donors (Lipinski definition) is 2. The summed E-state index contributed by atoms with van der Waals surface area (Å²) in [5.41, 5.74) is -2.26. The molecule has 0 aliphatic rings. The summed E-state index contributed by atoms with van der Waals surface area (Å²) in [7, 11) is 1.39. The Labute approximate surface area is 82.7 Å². The van der Waals surface area contributed by atoms with Crippen LogP contribution in [0.3, 0.4) is 0 Å². The van der Waals surface area contributed by atoms with E-state index >= 15 is 0 Å². The first-order chi connectivity index (χ1) is 6.86. The topological polar surface area (TPSA) is 62.2 Å². The third-order valence-corrected chi connectivity index (χ3v) is 1.65. The van der Waals surface area contributed by atoms with E-state index in [9.17, 15) is 18.0 Å². The summed E-state index contributed by atoms with van der Waals surface area (Å²) in [5, 5.41) is 10.9. The van der Waals surface area contributed by atoms with Crippen LogP contribution in [0.2, 0.25) is 0 Å². The van der Waals surface area contributed by atoms with E-state index in [4.69, 9.17) is 5.11 Å². The number of anilines is 1. The second-order valence-electron chi connectivity index (χ2n) is 2.65. The summed E-state index contributed by atoms with van der Waals surface area (Å²) >= 11 is 0. The fourth-order valence-corrected chi connectivity index (χ4v) is 0.987. The zero-order chi connectivity index (χ0) is 11.6. The van der Waals surface area contributed by atoms with Gasteiger partial charge in [-0.25, -0.2) is 9.78 Å². The lowest BCUT2D eigenvalue weighted by molar-refractivity contribution is -0.141. The van der Waals surface area contributed by atoms with E-state index in [1.807, 2.05) is 0 Å². The maximum Gasteiger partial charge on any atom is 0.434 e. The molecule has 0 radical (unpaired) electrons. The van der Waals surface area contributed by atoms with Crippen molar-refractivity contribution in [3.05, 3.63) is 23.4 Å². The Morgan fingerprint density at radius 3 is 2.47 bits per heavy atom. The molecule has 0 bridgehead atoms. The third kappa shape index (κ3) is 2.36. The van der Waals surface area contributed by atoms with Gasteiger partial charge in [-0.2, -0.15) is 13.2 Å². The highest BCUT2D eigenvalue weighted by Crippen LogP contribution is 2.31. The summed E-state index contributed by atoms with van der Waals surface area (Å²) in [6.45, 7) is 0. The van der Waals surface area contributed by atoms with Crippen molar-refractivity contribution in [2.45, 2.75) is 6.18 Å². The van der Waals surface area contributed by atoms with E-state index in [0.717, 1.165) is 6.07 Å². The van der Waals surface area contributed by atoms with Gasteiger partial charge >= 0.3 is 12.1 Å². The number of carboxylic acids is 1. The molecule has 0 aliphatic heterocycles. The van der Waals surface area contributed by atoms with Crippen molar-refractivity contribution in [3.8, 4) is 0 Å². The first kappa shape index (κ1) is 11.3. The van der Waals surface area contributed by atoms with Crippen LogP contribution in [0.15, 0.2) is 12.1 Å². The highest BCUT2D eigenvalue weighted by molar-refractivity contribution is 5.89. The molecule has 7 heteroatoms. The highest BCUT2D eigenvalue weighted by atomic mass is 19.4. The Morgan fingerprint density at radius 2 is 2.07 bits per heavy atom. The molecule has 0 aromatic carbocycles. The number of aromatic nitrogens is 1. The van der Waals surface area contributed by atoms with Gasteiger partial charge in [0.1, 0.15) is 5.82 Å². The molecule has 0 saturated carbocycles. The average Bonchev–Trinajstić information content (AvgIpc) is 2.15. The molecule has 82 valence electrons. The molecule has 0 spiro atoms. The van der Waals surface area contributed by atoms with Crippen molar-refractivity contribution in [1.82, 2.24) is 4.98 Å². The van der Waals surface area contributed by atoms with Gasteiger partial charge < -0.3 is 10.4 Å². The summed E-state index contributed by atoms with van der Waals surface area (Å²) in [6.07, 6.45) is -4.78. The molecule has 0 fully saturated rings. The van der Waals surface area contributed by atoms with Gasteiger partial charge in [-0.1, -0.05) is 0 Å². The van der Waals surface area contributed by atoms with Crippen LogP contribution in [-0.2, 0) is 6.18 Å². The van der Waals surface area contributed by atoms with Crippen LogP contribution < -0.4 is 5.32 Å². The van der Waals surface area contributed by atoms with Crippen molar-refractivity contribution >= 4 is 11.8 Å². The SMILES string of the molecule is CNc1ccc(C(=O)O)c(C(F)(F)F)n1. The minimum Gasteiger partial charge on any atom is -0.478 e. The first-order valence-electron chi connectivity index (χ1n) is 3.85. The van der Waals surface area contributed by atoms with Gasteiger partial charge in [-0.3, -0.25) is 0 Å². The number of halogens is 3. The number of aromatic carboxylic acids is 1. The first-order valence-corrected chi connectivity index (χ1v) is 3.85. The molecule has 0 aliphatic carbocycles. The lowest BCUT2D eigenvalue weighted by Crippen LogP contribution is -2.16. The van der Waals surface area contributed by atoms with Crippen molar-refractivity contribution in [3.63, 3.8) is 0 Å². The Bertz CT molecular complexity index is 390. The second-order valence-corrected chi connectivity index (χ2v) is 2.65. The predicted molar refractivity (Wildman–Crippen MR) is 45.7 cm³/mol. The van der Waals surface area contributed by atoms with Crippen molar-refractivity contribution < 1.29 is 23.1 Å². The van der Waals surface area contributed by atoms with Gasteiger partial charge in [0.25, 0.3) is 0 Å². The molecule has 4 nitrogen and oxygen atoms in total. The molecule has 15 heavy (non-hydrogen) atoms. The van der Waals surface area contributed by atoms with Gasteiger partial charge in [0.05, 0.1) is 5.56 Å².